The lowest BCUT2D eigenvalue weighted by Crippen LogP contribution is -2.31. The van der Waals surface area contributed by atoms with Crippen molar-refractivity contribution in [2.24, 2.45) is 0 Å². The minimum absolute atomic E-state index is 0.227. The van der Waals surface area contributed by atoms with Crippen LogP contribution < -0.4 is 5.32 Å². The molecule has 1 aromatic heterocycles. The minimum Gasteiger partial charge on any atom is -0.387 e. The van der Waals surface area contributed by atoms with E-state index in [0.29, 0.717) is 22.2 Å². The van der Waals surface area contributed by atoms with Crippen molar-refractivity contribution in [2.75, 3.05) is 6.54 Å². The molecule has 21 heavy (non-hydrogen) atoms. The first kappa shape index (κ1) is 16.2. The lowest BCUT2D eigenvalue weighted by atomic mass is 10.1. The van der Waals surface area contributed by atoms with Crippen LogP contribution in [0.1, 0.15) is 25.0 Å². The second-order valence-corrected chi connectivity index (χ2v) is 5.72. The van der Waals surface area contributed by atoms with Crippen LogP contribution in [0.25, 0.3) is 0 Å². The maximum Gasteiger partial charge on any atom is 0.137 e. The minimum atomic E-state index is -0.736. The fourth-order valence-corrected chi connectivity index (χ4v) is 2.67. The number of aliphatic hydroxyl groups is 1. The molecule has 5 nitrogen and oxygen atoms in total. The Morgan fingerprint density at radius 2 is 2.05 bits per heavy atom. The van der Waals surface area contributed by atoms with Crippen LogP contribution in [0.15, 0.2) is 30.9 Å². The van der Waals surface area contributed by atoms with Crippen LogP contribution in [0.3, 0.4) is 0 Å². The van der Waals surface area contributed by atoms with E-state index in [1.54, 1.807) is 29.2 Å². The molecule has 2 unspecified atom stereocenters. The van der Waals surface area contributed by atoms with Crippen molar-refractivity contribution >= 4 is 23.2 Å². The van der Waals surface area contributed by atoms with Gasteiger partial charge in [0, 0.05) is 34.7 Å². The fraction of sp³-hybridized carbons (Fsp3) is 0.429. The first-order chi connectivity index (χ1) is 10.1. The molecule has 0 bridgehead atoms. The van der Waals surface area contributed by atoms with E-state index in [9.17, 15) is 5.11 Å². The van der Waals surface area contributed by atoms with Gasteiger partial charge in [0.15, 0.2) is 0 Å². The van der Waals surface area contributed by atoms with E-state index in [-0.39, 0.29) is 6.04 Å². The Labute approximate surface area is 133 Å². The number of benzene rings is 1. The van der Waals surface area contributed by atoms with Crippen molar-refractivity contribution in [3.8, 4) is 0 Å². The zero-order valence-corrected chi connectivity index (χ0v) is 13.2. The van der Waals surface area contributed by atoms with E-state index >= 15 is 0 Å². The smallest absolute Gasteiger partial charge is 0.137 e. The topological polar surface area (TPSA) is 63.0 Å². The molecule has 0 aliphatic heterocycles. The fourth-order valence-electron chi connectivity index (χ4n) is 2.02. The van der Waals surface area contributed by atoms with Gasteiger partial charge in [0.1, 0.15) is 12.7 Å². The van der Waals surface area contributed by atoms with Crippen molar-refractivity contribution in [2.45, 2.75) is 32.0 Å². The molecule has 0 spiro atoms. The van der Waals surface area contributed by atoms with Crippen LogP contribution in [-0.4, -0.2) is 32.5 Å². The van der Waals surface area contributed by atoms with Crippen LogP contribution in [0.5, 0.6) is 0 Å². The van der Waals surface area contributed by atoms with Gasteiger partial charge in [-0.3, -0.25) is 4.68 Å². The highest BCUT2D eigenvalue weighted by Crippen LogP contribution is 2.29. The third kappa shape index (κ3) is 4.68. The molecule has 1 aromatic carbocycles. The molecule has 0 aliphatic rings. The van der Waals surface area contributed by atoms with Gasteiger partial charge in [-0.05, 0) is 25.5 Å². The molecule has 0 saturated heterocycles. The van der Waals surface area contributed by atoms with Gasteiger partial charge >= 0.3 is 0 Å². The molecular formula is C14H18Cl2N4O. The number of aryl methyl sites for hydroxylation is 1. The average molecular weight is 329 g/mol. The zero-order chi connectivity index (χ0) is 15.2. The number of aromatic nitrogens is 3. The average Bonchev–Trinajstić information content (AvgIpc) is 2.96. The Kier molecular flexibility index (Phi) is 5.99. The summed E-state index contributed by atoms with van der Waals surface area (Å²) in [5.74, 6) is 0. The van der Waals surface area contributed by atoms with Crippen molar-refractivity contribution in [1.82, 2.24) is 20.1 Å². The Balaban J connectivity index is 1.81. The van der Waals surface area contributed by atoms with Crippen molar-refractivity contribution in [3.63, 3.8) is 0 Å². The summed E-state index contributed by atoms with van der Waals surface area (Å²) >= 11 is 12.2. The second kappa shape index (κ2) is 7.75. The predicted octanol–water partition coefficient (Wildman–Crippen LogP) is 2.69. The summed E-state index contributed by atoms with van der Waals surface area (Å²) in [7, 11) is 0. The third-order valence-electron chi connectivity index (χ3n) is 3.25. The monoisotopic (exact) mass is 328 g/mol. The highest BCUT2D eigenvalue weighted by atomic mass is 35.5. The molecule has 2 rings (SSSR count). The van der Waals surface area contributed by atoms with Crippen LogP contribution >= 0.6 is 23.2 Å². The Morgan fingerprint density at radius 1 is 1.33 bits per heavy atom. The first-order valence-electron chi connectivity index (χ1n) is 6.75. The number of aliphatic hydroxyl groups excluding tert-OH is 1. The van der Waals surface area contributed by atoms with Crippen molar-refractivity contribution in [1.29, 1.82) is 0 Å². The van der Waals surface area contributed by atoms with Gasteiger partial charge in [-0.1, -0.05) is 29.3 Å². The van der Waals surface area contributed by atoms with Gasteiger partial charge in [-0.25, -0.2) is 4.98 Å². The molecule has 0 fully saturated rings. The van der Waals surface area contributed by atoms with Gasteiger partial charge < -0.3 is 10.4 Å². The van der Waals surface area contributed by atoms with E-state index in [0.717, 1.165) is 13.0 Å². The van der Waals surface area contributed by atoms with Crippen LogP contribution in [0.2, 0.25) is 10.0 Å². The number of nitrogens with one attached hydrogen (secondary N) is 1. The SMILES string of the molecule is CC(CCn1cncn1)NCC(O)c1c(Cl)cccc1Cl. The summed E-state index contributed by atoms with van der Waals surface area (Å²) in [5.41, 5.74) is 0.566. The quantitative estimate of drug-likeness (QED) is 0.820. The van der Waals surface area contributed by atoms with Gasteiger partial charge in [0.25, 0.3) is 0 Å². The van der Waals surface area contributed by atoms with E-state index in [1.165, 1.54) is 6.33 Å². The van der Waals surface area contributed by atoms with Gasteiger partial charge in [0.2, 0.25) is 0 Å². The molecule has 0 radical (unpaired) electrons. The van der Waals surface area contributed by atoms with E-state index in [2.05, 4.69) is 22.3 Å². The normalized spacial score (nSPS) is 14.1. The predicted molar refractivity (Wildman–Crippen MR) is 83.5 cm³/mol. The molecule has 2 atom stereocenters. The van der Waals surface area contributed by atoms with Crippen molar-refractivity contribution < 1.29 is 5.11 Å². The highest BCUT2D eigenvalue weighted by Gasteiger charge is 2.16. The van der Waals surface area contributed by atoms with Crippen LogP contribution in [0.4, 0.5) is 0 Å². The highest BCUT2D eigenvalue weighted by molar-refractivity contribution is 6.36. The lowest BCUT2D eigenvalue weighted by molar-refractivity contribution is 0.169. The Bertz CT molecular complexity index is 542. The number of hydrogen-bond donors (Lipinski definition) is 2. The van der Waals surface area contributed by atoms with Crippen LogP contribution in [0, 0.1) is 0 Å². The van der Waals surface area contributed by atoms with E-state index in [1.807, 2.05) is 0 Å². The van der Waals surface area contributed by atoms with E-state index in [4.69, 9.17) is 23.2 Å². The molecule has 1 heterocycles. The maximum atomic E-state index is 10.2. The van der Waals surface area contributed by atoms with Gasteiger partial charge in [-0.15, -0.1) is 0 Å². The lowest BCUT2D eigenvalue weighted by Gasteiger charge is -2.19. The molecule has 2 aromatic rings. The summed E-state index contributed by atoms with van der Waals surface area (Å²) in [4.78, 5) is 3.90. The first-order valence-corrected chi connectivity index (χ1v) is 7.51. The number of halogens is 2. The molecule has 0 saturated carbocycles. The number of rotatable bonds is 7. The molecule has 0 aliphatic carbocycles. The van der Waals surface area contributed by atoms with Gasteiger partial charge in [0.05, 0.1) is 6.10 Å². The molecule has 114 valence electrons. The zero-order valence-electron chi connectivity index (χ0n) is 11.7. The summed E-state index contributed by atoms with van der Waals surface area (Å²) in [6.07, 6.45) is 3.35. The molecule has 7 heteroatoms. The van der Waals surface area contributed by atoms with E-state index < -0.39 is 6.10 Å². The summed E-state index contributed by atoms with van der Waals surface area (Å²) in [6, 6.07) is 5.43. The maximum absolute atomic E-state index is 10.2. The standard InChI is InChI=1S/C14H18Cl2N4O/c1-10(5-6-20-9-17-8-19-20)18-7-13(21)14-11(15)3-2-4-12(14)16/h2-4,8-10,13,18,21H,5-7H2,1H3. The second-order valence-electron chi connectivity index (χ2n) is 4.91. The number of hydrogen-bond acceptors (Lipinski definition) is 4. The summed E-state index contributed by atoms with van der Waals surface area (Å²) in [6.45, 7) is 3.22. The molecule has 0 amide bonds. The molecule has 2 N–H and O–H groups in total. The molecular weight excluding hydrogens is 311 g/mol. The van der Waals surface area contributed by atoms with Gasteiger partial charge in [-0.2, -0.15) is 5.10 Å². The summed E-state index contributed by atoms with van der Waals surface area (Å²) in [5, 5.41) is 18.5. The third-order valence-corrected chi connectivity index (χ3v) is 3.91. The van der Waals surface area contributed by atoms with Crippen LogP contribution in [-0.2, 0) is 6.54 Å². The van der Waals surface area contributed by atoms with Crippen molar-refractivity contribution in [3.05, 3.63) is 46.5 Å². The Morgan fingerprint density at radius 3 is 2.67 bits per heavy atom. The largest absolute Gasteiger partial charge is 0.387 e. The number of nitrogens with zero attached hydrogens (tertiary/aromatic N) is 3. The summed E-state index contributed by atoms with van der Waals surface area (Å²) < 4.78 is 1.78. The Hall–Kier alpha value is -1.14.